The molecular formula is C81H101IO22. The summed E-state index contributed by atoms with van der Waals surface area (Å²) in [6.45, 7) is 21.5. The van der Waals surface area contributed by atoms with Gasteiger partial charge in [0, 0.05) is 78.9 Å². The Balaban J connectivity index is 0.00000124. The SMILES string of the molecule is C#CCCCOc1cc(C(=O)O)cc(C)c1OC(=O)CCC.C#CCCCOc1cc(C=O)cc(C)c1OC(=O)CCC.C#CCCCOc1cc(CI)cc(C)c1OC(=O)CCC.CCCC(=O)Oc1c(C)cc(C=O)cc1O.CCCCC(=O)OC(=O)CCCC.Cc1cc(C=O)cc(O)c1O. The quantitative estimate of drug-likeness (QED) is 0.00337. The number of ether oxygens (including phenoxy) is 8. The van der Waals surface area contributed by atoms with Gasteiger partial charge in [0.05, 0.1) is 25.4 Å². The molecule has 5 aromatic carbocycles. The van der Waals surface area contributed by atoms with Crippen LogP contribution in [0.5, 0.6) is 57.5 Å². The zero-order valence-corrected chi connectivity index (χ0v) is 63.9. The zero-order chi connectivity index (χ0) is 78.5. The number of carbonyl (C=O) groups is 10. The number of aryl methyl sites for hydroxylation is 5. The molecule has 0 amide bonds. The first kappa shape index (κ1) is 93.8. The van der Waals surface area contributed by atoms with Gasteiger partial charge in [-0.25, -0.2) is 4.79 Å². The van der Waals surface area contributed by atoms with Crippen LogP contribution in [-0.2, 0) is 37.9 Å². The maximum absolute atomic E-state index is 11.7. The molecule has 0 fully saturated rings. The van der Waals surface area contributed by atoms with Gasteiger partial charge in [0.15, 0.2) is 57.5 Å². The Kier molecular flexibility index (Phi) is 50.0. The Hall–Kier alpha value is -10.2. The number of halogens is 1. The van der Waals surface area contributed by atoms with E-state index < -0.39 is 5.97 Å². The van der Waals surface area contributed by atoms with E-state index in [-0.39, 0.29) is 82.3 Å². The van der Waals surface area contributed by atoms with Crippen LogP contribution >= 0.6 is 22.6 Å². The highest BCUT2D eigenvalue weighted by atomic mass is 127. The first-order chi connectivity index (χ1) is 49.7. The number of terminal acetylenes is 3. The van der Waals surface area contributed by atoms with E-state index in [0.717, 1.165) is 60.4 Å². The number of carbonyl (C=O) groups excluding carboxylic acids is 9. The van der Waals surface area contributed by atoms with Crippen molar-refractivity contribution in [3.8, 4) is 94.5 Å². The molecule has 0 radical (unpaired) electrons. The summed E-state index contributed by atoms with van der Waals surface area (Å²) in [7, 11) is 0. The van der Waals surface area contributed by atoms with Gasteiger partial charge in [-0.05, 0) is 180 Å². The monoisotopic (exact) mass is 1550 g/mol. The lowest BCUT2D eigenvalue weighted by atomic mass is 10.1. The van der Waals surface area contributed by atoms with Crippen LogP contribution < -0.4 is 33.2 Å². The summed E-state index contributed by atoms with van der Waals surface area (Å²) in [5, 5.41) is 36.8. The molecule has 564 valence electrons. The lowest BCUT2D eigenvalue weighted by molar-refractivity contribution is -0.160. The van der Waals surface area contributed by atoms with E-state index in [9.17, 15) is 53.1 Å². The standard InChI is InChI=1S/C17H21IO3.C17H20O5.C17H20O4.C12H14O4.C10H18O3.C8H8O3/c1-4-6-7-9-20-15-11-14(12-18)10-13(3)17(15)21-16(19)8-5-2;1-4-6-7-9-21-14-11-13(17(19)20)10-12(3)16(14)22-15(18)8-5-2;1-4-6-7-9-20-15-11-14(12-18)10-13(3)17(15)21-16(19)8-5-2;1-3-4-11(15)16-12-8(2)5-9(7-13)6-10(12)14;1-3-5-7-9(11)13-10(12)8-6-4-2;1-5-2-6(4-9)3-7(10)8(5)11/h1,10-11H,5-9,12H2,2-3H3;1,10-11H,5-9H2,2-3H3,(H,19,20);1,10-12H,5-9H2,2-3H3;5-7,14H,3-4H2,1-2H3;3-8H2,1-2H3;2-4,10-11H,1H3. The van der Waals surface area contributed by atoms with Gasteiger partial charge >= 0.3 is 41.8 Å². The van der Waals surface area contributed by atoms with E-state index in [1.807, 2.05) is 60.6 Å². The van der Waals surface area contributed by atoms with Crippen molar-refractivity contribution in [1.29, 1.82) is 0 Å². The number of rotatable bonds is 35. The predicted molar refractivity (Wildman–Crippen MR) is 405 cm³/mol. The van der Waals surface area contributed by atoms with Crippen molar-refractivity contribution < 1.29 is 106 Å². The number of hydrogen-bond acceptors (Lipinski definition) is 21. The molecule has 0 saturated heterocycles. The Morgan fingerprint density at radius 1 is 0.404 bits per heavy atom. The van der Waals surface area contributed by atoms with Gasteiger partial charge in [-0.1, -0.05) is 83.0 Å². The number of aldehydes is 3. The first-order valence-electron chi connectivity index (χ1n) is 34.4. The van der Waals surface area contributed by atoms with Crippen molar-refractivity contribution in [3.63, 3.8) is 0 Å². The van der Waals surface area contributed by atoms with E-state index in [2.05, 4.69) is 45.1 Å². The molecule has 0 aliphatic rings. The highest BCUT2D eigenvalue weighted by Crippen LogP contribution is 2.37. The molecular weight excluding hydrogens is 1450 g/mol. The number of phenols is 3. The van der Waals surface area contributed by atoms with Gasteiger partial charge in [0.2, 0.25) is 0 Å². The van der Waals surface area contributed by atoms with Crippen LogP contribution in [0, 0.1) is 71.7 Å². The van der Waals surface area contributed by atoms with Crippen LogP contribution in [0.15, 0.2) is 60.7 Å². The third kappa shape index (κ3) is 38.7. The summed E-state index contributed by atoms with van der Waals surface area (Å²) in [5.41, 5.74) is 5.62. The van der Waals surface area contributed by atoms with Crippen molar-refractivity contribution in [3.05, 3.63) is 116 Å². The number of hydrogen-bond donors (Lipinski definition) is 4. The lowest BCUT2D eigenvalue weighted by Crippen LogP contribution is -2.11. The number of esters is 6. The van der Waals surface area contributed by atoms with Crippen molar-refractivity contribution in [2.45, 2.75) is 209 Å². The van der Waals surface area contributed by atoms with E-state index in [0.29, 0.717) is 178 Å². The Morgan fingerprint density at radius 3 is 1.09 bits per heavy atom. The van der Waals surface area contributed by atoms with Crippen molar-refractivity contribution >= 4 is 83.2 Å². The number of aromatic carboxylic acids is 1. The van der Waals surface area contributed by atoms with Crippen molar-refractivity contribution in [2.75, 3.05) is 19.8 Å². The lowest BCUT2D eigenvalue weighted by Gasteiger charge is -2.15. The second-order valence-corrected chi connectivity index (χ2v) is 23.9. The molecule has 0 saturated carbocycles. The van der Waals surface area contributed by atoms with E-state index >= 15 is 0 Å². The van der Waals surface area contributed by atoms with Gasteiger partial charge in [-0.3, -0.25) is 43.2 Å². The molecule has 0 unspecified atom stereocenters. The van der Waals surface area contributed by atoms with Gasteiger partial charge < -0.3 is 58.3 Å². The molecule has 0 bridgehead atoms. The van der Waals surface area contributed by atoms with Gasteiger partial charge in [-0.2, -0.15) is 0 Å². The van der Waals surface area contributed by atoms with E-state index in [1.54, 1.807) is 45.9 Å². The van der Waals surface area contributed by atoms with Gasteiger partial charge in [0.25, 0.3) is 0 Å². The van der Waals surface area contributed by atoms with E-state index in [4.69, 9.17) is 67.7 Å². The largest absolute Gasteiger partial charge is 0.504 e. The van der Waals surface area contributed by atoms with Crippen LogP contribution in [0.3, 0.4) is 0 Å². The summed E-state index contributed by atoms with van der Waals surface area (Å²) < 4.78 is 43.5. The first-order valence-corrected chi connectivity index (χ1v) is 35.9. The van der Waals surface area contributed by atoms with Crippen LogP contribution in [0.2, 0.25) is 0 Å². The molecule has 23 heteroatoms. The molecule has 5 rings (SSSR count). The number of unbranched alkanes of at least 4 members (excludes halogenated alkanes) is 5. The molecule has 0 aromatic heterocycles. The Bertz CT molecular complexity index is 3650. The Morgan fingerprint density at radius 2 is 0.740 bits per heavy atom. The normalized spacial score (nSPS) is 9.82. The Labute approximate surface area is 625 Å². The predicted octanol–water partition coefficient (Wildman–Crippen LogP) is 16.8. The summed E-state index contributed by atoms with van der Waals surface area (Å²) >= 11 is 2.30. The third-order valence-corrected chi connectivity index (χ3v) is 14.6. The average molecular weight is 1550 g/mol. The van der Waals surface area contributed by atoms with Crippen molar-refractivity contribution in [1.82, 2.24) is 0 Å². The smallest absolute Gasteiger partial charge is 0.335 e. The fraction of sp³-hybridized carbons (Fsp3) is 0.432. The van der Waals surface area contributed by atoms with Crippen molar-refractivity contribution in [2.24, 2.45) is 0 Å². The van der Waals surface area contributed by atoms with Crippen LogP contribution in [0.1, 0.15) is 245 Å². The third-order valence-electron chi connectivity index (χ3n) is 13.7. The zero-order valence-electron chi connectivity index (χ0n) is 61.7. The molecule has 104 heavy (non-hydrogen) atoms. The fourth-order valence-corrected chi connectivity index (χ4v) is 9.00. The van der Waals surface area contributed by atoms with Gasteiger partial charge in [-0.15, -0.1) is 37.0 Å². The van der Waals surface area contributed by atoms with E-state index in [1.165, 1.54) is 30.3 Å². The average Bonchev–Trinajstić information content (AvgIpc) is 1.09. The van der Waals surface area contributed by atoms with Crippen LogP contribution in [0.4, 0.5) is 0 Å². The molecule has 5 aromatic rings. The second-order valence-electron chi connectivity index (χ2n) is 23.1. The number of benzene rings is 5. The highest BCUT2D eigenvalue weighted by molar-refractivity contribution is 14.1. The molecule has 0 heterocycles. The maximum atomic E-state index is 11.7. The highest BCUT2D eigenvalue weighted by Gasteiger charge is 2.20. The summed E-state index contributed by atoms with van der Waals surface area (Å²) in [5.74, 6) is 6.44. The maximum Gasteiger partial charge on any atom is 0.335 e. The second kappa shape index (κ2) is 55.4. The molecule has 0 spiro atoms. The van der Waals surface area contributed by atoms with Crippen LogP contribution in [0.25, 0.3) is 0 Å². The molecule has 22 nitrogen and oxygen atoms in total. The molecule has 4 N–H and O–H groups in total. The minimum Gasteiger partial charge on any atom is -0.504 e. The number of carboxylic acid groups (broad SMARTS) is 1. The minimum atomic E-state index is -1.07. The molecule has 0 aliphatic heterocycles. The number of phenolic OH excluding ortho intramolecular Hbond substituents is 3. The van der Waals surface area contributed by atoms with Gasteiger partial charge in [0.1, 0.15) is 18.9 Å². The molecule has 0 atom stereocenters. The minimum absolute atomic E-state index is 0.0831. The topological polar surface area (TPSA) is 325 Å². The summed E-state index contributed by atoms with van der Waals surface area (Å²) in [6, 6.07) is 15.6. The number of carboxylic acids is 1. The fourth-order valence-electron chi connectivity index (χ4n) is 8.56. The molecule has 0 aliphatic carbocycles. The number of aromatic hydroxyl groups is 3. The number of alkyl halides is 1. The summed E-state index contributed by atoms with van der Waals surface area (Å²) in [6.07, 6.45) is 29.9. The van der Waals surface area contributed by atoms with Crippen LogP contribution in [-0.4, -0.2) is 101 Å². The summed E-state index contributed by atoms with van der Waals surface area (Å²) in [4.78, 5) is 111.